The smallest absolute Gasteiger partial charge is 0.0620 e. The monoisotopic (exact) mass is 864 g/mol. The Morgan fingerprint density at radius 3 is 0.956 bits per heavy atom. The van der Waals surface area contributed by atoms with Crippen LogP contribution in [0.2, 0.25) is 0 Å². The molecule has 68 heavy (non-hydrogen) atoms. The van der Waals surface area contributed by atoms with Gasteiger partial charge in [0, 0.05) is 44.3 Å². The quantitative estimate of drug-likeness (QED) is 0.111. The van der Waals surface area contributed by atoms with Gasteiger partial charge in [0.2, 0.25) is 0 Å². The van der Waals surface area contributed by atoms with Crippen LogP contribution >= 0.6 is 0 Å². The summed E-state index contributed by atoms with van der Waals surface area (Å²) in [6.45, 7) is 0. The van der Waals surface area contributed by atoms with Crippen molar-refractivity contribution < 1.29 is 0 Å². The molecule has 0 fully saturated rings. The van der Waals surface area contributed by atoms with E-state index in [1.54, 1.807) is 0 Å². The maximum absolute atomic E-state index is 2.51. The maximum Gasteiger partial charge on any atom is 0.0620 e. The molecule has 0 radical (unpaired) electrons. The van der Waals surface area contributed by atoms with Crippen LogP contribution in [0.4, 0.5) is 34.1 Å². The van der Waals surface area contributed by atoms with E-state index in [1.807, 2.05) is 0 Å². The van der Waals surface area contributed by atoms with Crippen molar-refractivity contribution in [3.8, 4) is 22.3 Å². The Morgan fingerprint density at radius 1 is 0.176 bits per heavy atom. The molecule has 0 spiro atoms. The van der Waals surface area contributed by atoms with Gasteiger partial charge in [-0.15, -0.1) is 0 Å². The summed E-state index contributed by atoms with van der Waals surface area (Å²) < 4.78 is 0. The van der Waals surface area contributed by atoms with Crippen molar-refractivity contribution >= 4 is 98.8 Å². The van der Waals surface area contributed by atoms with Gasteiger partial charge in [-0.25, -0.2) is 0 Å². The molecule has 0 aliphatic rings. The first-order valence-corrected chi connectivity index (χ1v) is 23.4. The van der Waals surface area contributed by atoms with Gasteiger partial charge in [0.15, 0.2) is 0 Å². The minimum Gasteiger partial charge on any atom is -0.309 e. The Balaban J connectivity index is 1.20. The highest BCUT2D eigenvalue weighted by molar-refractivity contribution is 6.25. The molecule has 0 aliphatic heterocycles. The van der Waals surface area contributed by atoms with Crippen molar-refractivity contribution in [3.05, 3.63) is 267 Å². The number of hydrogen-bond donors (Lipinski definition) is 0. The Hall–Kier alpha value is -8.98. The summed E-state index contributed by atoms with van der Waals surface area (Å²) >= 11 is 0. The van der Waals surface area contributed by atoms with Gasteiger partial charge in [0.1, 0.15) is 0 Å². The summed E-state index contributed by atoms with van der Waals surface area (Å²) in [6.07, 6.45) is 0. The van der Waals surface area contributed by atoms with Crippen molar-refractivity contribution in [2.75, 3.05) is 9.80 Å². The van der Waals surface area contributed by atoms with Crippen LogP contribution in [-0.4, -0.2) is 0 Å². The second-order valence-electron chi connectivity index (χ2n) is 17.7. The number of fused-ring (bicyclic) bond motifs is 6. The third-order valence-electron chi connectivity index (χ3n) is 13.7. The average Bonchev–Trinajstić information content (AvgIpc) is 3.41. The van der Waals surface area contributed by atoms with Gasteiger partial charge in [-0.1, -0.05) is 200 Å². The molecule has 0 atom stereocenters. The average molecular weight is 865 g/mol. The molecule has 0 bridgehead atoms. The van der Waals surface area contributed by atoms with Crippen LogP contribution in [0.1, 0.15) is 0 Å². The number of para-hydroxylation sites is 1. The van der Waals surface area contributed by atoms with E-state index < -0.39 is 0 Å². The first-order valence-electron chi connectivity index (χ1n) is 23.4. The first kappa shape index (κ1) is 39.4. The minimum absolute atomic E-state index is 1.09. The molecule has 13 aromatic carbocycles. The van der Waals surface area contributed by atoms with E-state index in [4.69, 9.17) is 0 Å². The van der Waals surface area contributed by atoms with Crippen LogP contribution in [0, 0.1) is 0 Å². The summed E-state index contributed by atoms with van der Waals surface area (Å²) in [4.78, 5) is 5.00. The second kappa shape index (κ2) is 16.5. The predicted molar refractivity (Wildman–Crippen MR) is 292 cm³/mol. The lowest BCUT2D eigenvalue weighted by molar-refractivity contribution is 1.30. The van der Waals surface area contributed by atoms with Gasteiger partial charge < -0.3 is 9.80 Å². The van der Waals surface area contributed by atoms with Crippen molar-refractivity contribution in [1.29, 1.82) is 0 Å². The van der Waals surface area contributed by atoms with E-state index in [1.165, 1.54) is 54.2 Å². The maximum atomic E-state index is 2.51. The highest BCUT2D eigenvalue weighted by atomic mass is 15.2. The molecule has 0 saturated carbocycles. The fourth-order valence-corrected chi connectivity index (χ4v) is 10.4. The molecule has 0 aliphatic carbocycles. The molecule has 2 nitrogen and oxygen atoms in total. The molecule has 0 aromatic heterocycles. The lowest BCUT2D eigenvalue weighted by atomic mass is 9.90. The number of anilines is 6. The van der Waals surface area contributed by atoms with E-state index in [0.717, 1.165) is 66.8 Å². The largest absolute Gasteiger partial charge is 0.309 e. The third-order valence-corrected chi connectivity index (χ3v) is 13.7. The summed E-state index contributed by atoms with van der Waals surface area (Å²) in [5.74, 6) is 0. The molecule has 0 heterocycles. The van der Waals surface area contributed by atoms with E-state index in [9.17, 15) is 0 Å². The van der Waals surface area contributed by atoms with Crippen LogP contribution < -0.4 is 9.80 Å². The zero-order chi connectivity index (χ0) is 45.0. The summed E-state index contributed by atoms with van der Waals surface area (Å²) in [5.41, 5.74) is 11.3. The Labute approximate surface area is 395 Å². The molecule has 13 rings (SSSR count). The van der Waals surface area contributed by atoms with Gasteiger partial charge in [-0.05, 0) is 132 Å². The number of rotatable bonds is 8. The third kappa shape index (κ3) is 6.90. The van der Waals surface area contributed by atoms with Crippen molar-refractivity contribution in [2.24, 2.45) is 0 Å². The Kier molecular flexibility index (Phi) is 9.54. The van der Waals surface area contributed by atoms with Gasteiger partial charge in [-0.2, -0.15) is 0 Å². The molecule has 0 unspecified atom stereocenters. The molecule has 0 amide bonds. The Bertz CT molecular complexity index is 3960. The fourth-order valence-electron chi connectivity index (χ4n) is 10.4. The van der Waals surface area contributed by atoms with Gasteiger partial charge in [0.05, 0.1) is 11.4 Å². The van der Waals surface area contributed by atoms with E-state index in [2.05, 4.69) is 277 Å². The molecule has 2 heteroatoms. The van der Waals surface area contributed by atoms with E-state index >= 15 is 0 Å². The minimum atomic E-state index is 1.09. The van der Waals surface area contributed by atoms with Gasteiger partial charge >= 0.3 is 0 Å². The first-order chi connectivity index (χ1) is 33.7. The number of hydrogen-bond acceptors (Lipinski definition) is 2. The highest BCUT2D eigenvalue weighted by Crippen LogP contribution is 2.53. The van der Waals surface area contributed by atoms with Crippen molar-refractivity contribution in [2.45, 2.75) is 0 Å². The highest BCUT2D eigenvalue weighted by Gasteiger charge is 2.27. The van der Waals surface area contributed by atoms with Crippen LogP contribution in [0.3, 0.4) is 0 Å². The zero-order valence-corrected chi connectivity index (χ0v) is 37.3. The molecule has 13 aromatic rings. The van der Waals surface area contributed by atoms with Crippen molar-refractivity contribution in [1.82, 2.24) is 0 Å². The summed E-state index contributed by atoms with van der Waals surface area (Å²) in [6, 6.07) is 98.2. The SMILES string of the molecule is c1ccc(-c2ccc3c(N(c4ccccc4)c4ccc5ccccc5c4)c4cc(-c5ccc6ccccc6c5)ccc4c(N(c4ccc5ccccc5c4)c4ccc5ccccc5c4)c3c2)cc1. The Morgan fingerprint density at radius 2 is 0.500 bits per heavy atom. The van der Waals surface area contributed by atoms with E-state index in [-0.39, 0.29) is 0 Å². The lowest BCUT2D eigenvalue weighted by Gasteiger charge is -2.33. The fraction of sp³-hybridized carbons (Fsp3) is 0. The van der Waals surface area contributed by atoms with Gasteiger partial charge in [-0.3, -0.25) is 0 Å². The topological polar surface area (TPSA) is 6.48 Å². The second-order valence-corrected chi connectivity index (χ2v) is 17.7. The molecular weight excluding hydrogens is 821 g/mol. The zero-order valence-electron chi connectivity index (χ0n) is 37.3. The number of benzene rings is 13. The standard InChI is InChI=1S/C66H44N2/c1-3-15-45(16-4-1)55-32-37-61-63(43-55)66(68(59-35-30-48-19-9-13-23-52(48)41-59)60-36-31-49-20-10-14-24-53(49)42-60)62-38-33-56(54-28-27-46-17-7-11-21-50(46)39-54)44-64(62)65(61)67(57-25-5-2-6-26-57)58-34-29-47-18-8-12-22-51(47)40-58/h1-44H. The lowest BCUT2D eigenvalue weighted by Crippen LogP contribution is -2.15. The van der Waals surface area contributed by atoms with Crippen molar-refractivity contribution in [3.63, 3.8) is 0 Å². The molecule has 0 N–H and O–H groups in total. The summed E-state index contributed by atoms with van der Waals surface area (Å²) in [5, 5.41) is 14.2. The summed E-state index contributed by atoms with van der Waals surface area (Å²) in [7, 11) is 0. The predicted octanol–water partition coefficient (Wildman–Crippen LogP) is 18.9. The van der Waals surface area contributed by atoms with Crippen LogP contribution in [0.25, 0.3) is 86.9 Å². The molecule has 318 valence electrons. The van der Waals surface area contributed by atoms with Crippen LogP contribution in [0.15, 0.2) is 267 Å². The normalized spacial score (nSPS) is 11.5. The van der Waals surface area contributed by atoms with Crippen LogP contribution in [0.5, 0.6) is 0 Å². The molecule has 0 saturated heterocycles. The van der Waals surface area contributed by atoms with Crippen LogP contribution in [-0.2, 0) is 0 Å². The molecular formula is C66H44N2. The van der Waals surface area contributed by atoms with E-state index in [0.29, 0.717) is 0 Å². The van der Waals surface area contributed by atoms with Gasteiger partial charge in [0.25, 0.3) is 0 Å². The number of nitrogens with zero attached hydrogens (tertiary/aromatic N) is 2.